The molecule has 156 valence electrons. The minimum atomic E-state index is -1.14. The zero-order chi connectivity index (χ0) is 21.4. The molecule has 0 aromatic heterocycles. The van der Waals surface area contributed by atoms with Gasteiger partial charge in [-0.1, -0.05) is 6.07 Å². The molecule has 0 saturated heterocycles. The molecule has 0 unspecified atom stereocenters. The standard InChI is InChI=1S/C19H16F2N4O5/c20-11-2-1-10(13(21)7-11)9-22-18(28)12-8-14-15(17(27)16(12)26)19(29)24-3-5-30-6-4-25(24)23-14/h1-2,7-8,23H,3-6,9H2,(H,22,28). The number of carbonyl (C=O) groups is 1. The average Bonchev–Trinajstić information content (AvgIpc) is 2.95. The SMILES string of the molecule is O=C(NCc1ccc(F)cc1F)c1cc2[nH]n3n(c(=O)c=2c(=O)c1=O)CCOCC3. The number of aromatic nitrogens is 3. The predicted molar refractivity (Wildman–Crippen MR) is 99.2 cm³/mol. The number of H-pyrrole nitrogens is 1. The molecule has 1 amide bonds. The van der Waals surface area contributed by atoms with Crippen molar-refractivity contribution >= 4 is 5.91 Å². The summed E-state index contributed by atoms with van der Waals surface area (Å²) in [7, 11) is 0. The number of halogens is 2. The molecule has 30 heavy (non-hydrogen) atoms. The summed E-state index contributed by atoms with van der Waals surface area (Å²) in [6.07, 6.45) is 0. The zero-order valence-electron chi connectivity index (χ0n) is 15.5. The fourth-order valence-electron chi connectivity index (χ4n) is 3.29. The number of ether oxygens (including phenoxy) is 1. The minimum absolute atomic E-state index is 0.00557. The Morgan fingerprint density at radius 1 is 1.10 bits per heavy atom. The van der Waals surface area contributed by atoms with Gasteiger partial charge in [0, 0.05) is 18.2 Å². The van der Waals surface area contributed by atoms with Crippen molar-refractivity contribution in [2.24, 2.45) is 0 Å². The van der Waals surface area contributed by atoms with Crippen LogP contribution in [0.3, 0.4) is 0 Å². The van der Waals surface area contributed by atoms with E-state index in [4.69, 9.17) is 4.74 Å². The van der Waals surface area contributed by atoms with Crippen molar-refractivity contribution < 1.29 is 18.3 Å². The normalized spacial score (nSPS) is 13.7. The van der Waals surface area contributed by atoms with Crippen LogP contribution in [0.5, 0.6) is 0 Å². The van der Waals surface area contributed by atoms with Gasteiger partial charge in [0.15, 0.2) is 0 Å². The van der Waals surface area contributed by atoms with Crippen LogP contribution < -0.4 is 21.7 Å². The van der Waals surface area contributed by atoms with Gasteiger partial charge in [0.2, 0.25) is 10.9 Å². The first-order valence-electron chi connectivity index (χ1n) is 9.07. The van der Waals surface area contributed by atoms with Crippen molar-refractivity contribution in [3.63, 3.8) is 0 Å². The molecule has 0 fully saturated rings. The van der Waals surface area contributed by atoms with Gasteiger partial charge in [-0.2, -0.15) is 0 Å². The monoisotopic (exact) mass is 418 g/mol. The summed E-state index contributed by atoms with van der Waals surface area (Å²) in [5.74, 6) is -2.54. The zero-order valence-corrected chi connectivity index (χ0v) is 15.5. The fraction of sp³-hybridized carbons (Fsp3) is 0.263. The van der Waals surface area contributed by atoms with Crippen LogP contribution in [0.4, 0.5) is 8.78 Å². The molecule has 0 spiro atoms. The summed E-state index contributed by atoms with van der Waals surface area (Å²) in [5, 5.41) is 4.87. The largest absolute Gasteiger partial charge is 0.378 e. The lowest BCUT2D eigenvalue weighted by atomic mass is 10.1. The number of amides is 1. The van der Waals surface area contributed by atoms with Crippen molar-refractivity contribution in [3.05, 3.63) is 88.4 Å². The maximum Gasteiger partial charge on any atom is 0.279 e. The Bertz CT molecular complexity index is 1390. The van der Waals surface area contributed by atoms with Crippen LogP contribution in [-0.4, -0.2) is 33.7 Å². The molecular weight excluding hydrogens is 402 g/mol. The maximum absolute atomic E-state index is 13.7. The number of hydrogen-bond donors (Lipinski definition) is 2. The second-order valence-electron chi connectivity index (χ2n) is 6.70. The molecule has 4 rings (SSSR count). The number of carbonyl (C=O) groups excluding carboxylic acids is 1. The summed E-state index contributed by atoms with van der Waals surface area (Å²) in [6.45, 7) is 0.804. The number of nitrogens with one attached hydrogen (secondary N) is 2. The predicted octanol–water partition coefficient (Wildman–Crippen LogP) is -0.339. The second-order valence-corrected chi connectivity index (χ2v) is 6.70. The molecule has 1 aliphatic carbocycles. The molecule has 2 N–H and O–H groups in total. The van der Waals surface area contributed by atoms with Crippen LogP contribution in [-0.2, 0) is 24.4 Å². The second kappa shape index (κ2) is 7.67. The van der Waals surface area contributed by atoms with E-state index >= 15 is 0 Å². The van der Waals surface area contributed by atoms with Crippen LogP contribution in [0.2, 0.25) is 0 Å². The topological polar surface area (TPSA) is 115 Å². The Kier molecular flexibility index (Phi) is 5.04. The van der Waals surface area contributed by atoms with Gasteiger partial charge < -0.3 is 10.1 Å². The van der Waals surface area contributed by atoms with Gasteiger partial charge in [-0.15, -0.1) is 0 Å². The van der Waals surface area contributed by atoms with E-state index in [0.29, 0.717) is 19.2 Å². The average molecular weight is 418 g/mol. The van der Waals surface area contributed by atoms with Crippen LogP contribution in [0.15, 0.2) is 38.6 Å². The van der Waals surface area contributed by atoms with E-state index in [9.17, 15) is 28.0 Å². The van der Waals surface area contributed by atoms with Gasteiger partial charge >= 0.3 is 0 Å². The molecule has 9 nitrogen and oxygen atoms in total. The van der Waals surface area contributed by atoms with Crippen molar-refractivity contribution in [1.29, 1.82) is 0 Å². The summed E-state index contributed by atoms with van der Waals surface area (Å²) in [5.41, 5.74) is -3.38. The summed E-state index contributed by atoms with van der Waals surface area (Å²) < 4.78 is 33.3. The quantitative estimate of drug-likeness (QED) is 0.565. The molecule has 1 aromatic rings. The molecule has 0 bridgehead atoms. The van der Waals surface area contributed by atoms with Crippen molar-refractivity contribution in [3.8, 4) is 0 Å². The van der Waals surface area contributed by atoms with Crippen LogP contribution in [0, 0.1) is 22.2 Å². The van der Waals surface area contributed by atoms with Gasteiger partial charge in [-0.25, -0.2) is 18.3 Å². The van der Waals surface area contributed by atoms with E-state index < -0.39 is 39.5 Å². The summed E-state index contributed by atoms with van der Waals surface area (Å²) in [4.78, 5) is 51.6. The first-order valence-corrected chi connectivity index (χ1v) is 9.07. The molecule has 0 saturated carbocycles. The Morgan fingerprint density at radius 2 is 1.87 bits per heavy atom. The van der Waals surface area contributed by atoms with Crippen molar-refractivity contribution in [2.75, 3.05) is 13.2 Å². The number of hydrogen-bond acceptors (Lipinski definition) is 5. The van der Waals surface area contributed by atoms with E-state index in [0.717, 1.165) is 18.2 Å². The number of benzene rings is 1. The summed E-state index contributed by atoms with van der Waals surface area (Å²) >= 11 is 0. The highest BCUT2D eigenvalue weighted by Gasteiger charge is 2.19. The van der Waals surface area contributed by atoms with E-state index in [1.807, 2.05) is 0 Å². The molecule has 0 atom stereocenters. The highest BCUT2D eigenvalue weighted by atomic mass is 19.1. The molecule has 0 radical (unpaired) electrons. The number of fused-ring (bicyclic) bond motifs is 1. The molecular formula is C19H16F2N4O5. The molecule has 1 aromatic carbocycles. The minimum Gasteiger partial charge on any atom is -0.378 e. The number of aromatic amines is 1. The third kappa shape index (κ3) is 3.43. The third-order valence-corrected chi connectivity index (χ3v) is 4.82. The Balaban J connectivity index is 1.75. The Morgan fingerprint density at radius 3 is 2.63 bits per heavy atom. The maximum atomic E-state index is 13.7. The van der Waals surface area contributed by atoms with E-state index in [2.05, 4.69) is 10.4 Å². The molecule has 11 heteroatoms. The van der Waals surface area contributed by atoms with Crippen LogP contribution in [0.1, 0.15) is 15.9 Å². The lowest BCUT2D eigenvalue weighted by Gasteiger charge is -2.13. The smallest absolute Gasteiger partial charge is 0.279 e. The highest BCUT2D eigenvalue weighted by Crippen LogP contribution is 2.09. The highest BCUT2D eigenvalue weighted by molar-refractivity contribution is 5.93. The van der Waals surface area contributed by atoms with Gasteiger partial charge in [0.25, 0.3) is 11.5 Å². The van der Waals surface area contributed by atoms with Crippen molar-refractivity contribution in [1.82, 2.24) is 19.9 Å². The van der Waals surface area contributed by atoms with Gasteiger partial charge in [0.05, 0.1) is 37.2 Å². The van der Waals surface area contributed by atoms with E-state index in [1.54, 1.807) is 0 Å². The first kappa shape index (κ1) is 19.7. The Labute approximate surface area is 166 Å². The number of nitrogens with zero attached hydrogens (tertiary/aromatic N) is 2. The van der Waals surface area contributed by atoms with Crippen molar-refractivity contribution in [2.45, 2.75) is 19.6 Å². The van der Waals surface area contributed by atoms with E-state index in [-0.39, 0.29) is 35.8 Å². The van der Waals surface area contributed by atoms with Crippen LogP contribution >= 0.6 is 0 Å². The summed E-state index contributed by atoms with van der Waals surface area (Å²) in [6, 6.07) is 3.98. The third-order valence-electron chi connectivity index (χ3n) is 4.82. The lowest BCUT2D eigenvalue weighted by Crippen LogP contribution is -2.42. The fourth-order valence-corrected chi connectivity index (χ4v) is 3.29. The molecule has 3 aliphatic rings. The van der Waals surface area contributed by atoms with Crippen LogP contribution in [0.25, 0.3) is 0 Å². The lowest BCUT2D eigenvalue weighted by molar-refractivity contribution is 0.0949. The van der Waals surface area contributed by atoms with Gasteiger partial charge in [-0.3, -0.25) is 24.3 Å². The van der Waals surface area contributed by atoms with Gasteiger partial charge in [-0.05, 0) is 12.1 Å². The van der Waals surface area contributed by atoms with E-state index in [1.165, 1.54) is 9.48 Å². The molecule has 2 aliphatic heterocycles. The number of rotatable bonds is 3. The molecule has 2 heterocycles. The van der Waals surface area contributed by atoms with Gasteiger partial charge in [0.1, 0.15) is 16.9 Å². The Hall–Kier alpha value is -3.60. The first-order chi connectivity index (χ1) is 14.4.